The van der Waals surface area contributed by atoms with Crippen LogP contribution in [0.5, 0.6) is 5.75 Å². The molecular weight excluding hydrogens is 336 g/mol. The topological polar surface area (TPSA) is 64.3 Å². The maximum Gasteiger partial charge on any atom is 0.237 e. The van der Waals surface area contributed by atoms with Crippen LogP contribution in [0.25, 0.3) is 0 Å². The largest absolute Gasteiger partial charge is 0.493 e. The molecule has 0 saturated carbocycles. The molecule has 0 spiro atoms. The minimum atomic E-state index is -0.559. The molecule has 0 aliphatic rings. The summed E-state index contributed by atoms with van der Waals surface area (Å²) >= 11 is 0. The van der Waals surface area contributed by atoms with Crippen LogP contribution in [-0.4, -0.2) is 18.6 Å². The van der Waals surface area contributed by atoms with E-state index in [2.05, 4.69) is 19.2 Å². The maximum atomic E-state index is 12.2. The summed E-state index contributed by atoms with van der Waals surface area (Å²) in [7, 11) is 0. The van der Waals surface area contributed by atoms with Crippen molar-refractivity contribution in [3.8, 4) is 5.75 Å². The van der Waals surface area contributed by atoms with Crippen LogP contribution in [-0.2, 0) is 17.8 Å². The Labute approximate surface area is 156 Å². The molecule has 0 bridgehead atoms. The van der Waals surface area contributed by atoms with Gasteiger partial charge in [0.05, 0.1) is 12.6 Å². The van der Waals surface area contributed by atoms with Crippen molar-refractivity contribution in [2.75, 3.05) is 6.61 Å². The van der Waals surface area contributed by atoms with Crippen molar-refractivity contribution in [1.82, 2.24) is 5.32 Å². The number of para-hydroxylation sites is 1. The third kappa shape index (κ3) is 7.16. The van der Waals surface area contributed by atoms with Gasteiger partial charge >= 0.3 is 0 Å². The molecule has 1 atom stereocenters. The van der Waals surface area contributed by atoms with Crippen LogP contribution in [0.2, 0.25) is 0 Å². The minimum absolute atomic E-state index is 0. The SMILES string of the molecule is CC(C)COc1ccccc1CNC(=O)[C@@H](N)Cc1ccccc1.Cl. The van der Waals surface area contributed by atoms with Gasteiger partial charge in [-0.3, -0.25) is 4.79 Å². The van der Waals surface area contributed by atoms with Crippen LogP contribution in [0.15, 0.2) is 54.6 Å². The lowest BCUT2D eigenvalue weighted by Crippen LogP contribution is -2.41. The summed E-state index contributed by atoms with van der Waals surface area (Å²) in [4.78, 5) is 12.2. The van der Waals surface area contributed by atoms with E-state index in [0.717, 1.165) is 16.9 Å². The molecule has 136 valence electrons. The molecule has 0 aliphatic heterocycles. The molecule has 2 rings (SSSR count). The van der Waals surface area contributed by atoms with Gasteiger partial charge in [0.2, 0.25) is 5.91 Å². The molecular formula is C20H27ClN2O2. The van der Waals surface area contributed by atoms with Gasteiger partial charge in [0.15, 0.2) is 0 Å². The van der Waals surface area contributed by atoms with E-state index in [1.54, 1.807) is 0 Å². The van der Waals surface area contributed by atoms with Gasteiger partial charge in [-0.1, -0.05) is 62.4 Å². The number of rotatable bonds is 8. The van der Waals surface area contributed by atoms with Crippen LogP contribution in [0.3, 0.4) is 0 Å². The van der Waals surface area contributed by atoms with Gasteiger partial charge in [0.25, 0.3) is 0 Å². The normalized spacial score (nSPS) is 11.5. The first-order valence-electron chi connectivity index (χ1n) is 8.34. The highest BCUT2D eigenvalue weighted by Crippen LogP contribution is 2.18. The van der Waals surface area contributed by atoms with E-state index < -0.39 is 6.04 Å². The second-order valence-corrected chi connectivity index (χ2v) is 6.33. The molecule has 0 aliphatic carbocycles. The van der Waals surface area contributed by atoms with E-state index in [-0.39, 0.29) is 18.3 Å². The molecule has 0 aromatic heterocycles. The van der Waals surface area contributed by atoms with Gasteiger partial charge in [-0.2, -0.15) is 0 Å². The monoisotopic (exact) mass is 362 g/mol. The lowest BCUT2D eigenvalue weighted by Gasteiger charge is -2.15. The highest BCUT2D eigenvalue weighted by Gasteiger charge is 2.14. The summed E-state index contributed by atoms with van der Waals surface area (Å²) in [5.74, 6) is 1.10. The lowest BCUT2D eigenvalue weighted by molar-refractivity contribution is -0.122. The van der Waals surface area contributed by atoms with E-state index in [1.807, 2.05) is 54.6 Å². The number of ether oxygens (including phenoxy) is 1. The van der Waals surface area contributed by atoms with Crippen molar-refractivity contribution in [3.05, 3.63) is 65.7 Å². The molecule has 1 amide bonds. The van der Waals surface area contributed by atoms with E-state index in [4.69, 9.17) is 10.5 Å². The fourth-order valence-corrected chi connectivity index (χ4v) is 2.32. The number of amides is 1. The summed E-state index contributed by atoms with van der Waals surface area (Å²) in [6.07, 6.45) is 0.526. The fraction of sp³-hybridized carbons (Fsp3) is 0.350. The smallest absolute Gasteiger partial charge is 0.237 e. The van der Waals surface area contributed by atoms with E-state index in [0.29, 0.717) is 25.5 Å². The number of halogens is 1. The van der Waals surface area contributed by atoms with Crippen LogP contribution in [0.4, 0.5) is 0 Å². The Morgan fingerprint density at radius 1 is 1.08 bits per heavy atom. The second kappa shape index (κ2) is 10.7. The summed E-state index contributed by atoms with van der Waals surface area (Å²) in [6.45, 7) is 5.27. The van der Waals surface area contributed by atoms with Crippen LogP contribution in [0.1, 0.15) is 25.0 Å². The second-order valence-electron chi connectivity index (χ2n) is 6.33. The van der Waals surface area contributed by atoms with Crippen molar-refractivity contribution in [2.24, 2.45) is 11.7 Å². The van der Waals surface area contributed by atoms with Gasteiger partial charge in [-0.15, -0.1) is 12.4 Å². The summed E-state index contributed by atoms with van der Waals surface area (Å²) in [5.41, 5.74) is 8.02. The summed E-state index contributed by atoms with van der Waals surface area (Å²) in [5, 5.41) is 2.90. The minimum Gasteiger partial charge on any atom is -0.493 e. The number of carbonyl (C=O) groups is 1. The zero-order chi connectivity index (χ0) is 17.4. The molecule has 0 unspecified atom stereocenters. The van der Waals surface area contributed by atoms with Gasteiger partial charge in [-0.05, 0) is 24.0 Å². The summed E-state index contributed by atoms with van der Waals surface area (Å²) in [6, 6.07) is 17.0. The Morgan fingerprint density at radius 2 is 1.72 bits per heavy atom. The third-order valence-electron chi connectivity index (χ3n) is 3.63. The number of hydrogen-bond acceptors (Lipinski definition) is 3. The fourth-order valence-electron chi connectivity index (χ4n) is 2.32. The average Bonchev–Trinajstić information content (AvgIpc) is 2.59. The quantitative estimate of drug-likeness (QED) is 0.757. The van der Waals surface area contributed by atoms with Crippen molar-refractivity contribution in [1.29, 1.82) is 0 Å². The van der Waals surface area contributed by atoms with Gasteiger partial charge in [0, 0.05) is 12.1 Å². The third-order valence-corrected chi connectivity index (χ3v) is 3.63. The van der Waals surface area contributed by atoms with Crippen LogP contribution >= 0.6 is 12.4 Å². The Kier molecular flexibility index (Phi) is 9.03. The first-order chi connectivity index (χ1) is 11.6. The zero-order valence-electron chi connectivity index (χ0n) is 14.8. The molecule has 0 fully saturated rings. The number of hydrogen-bond donors (Lipinski definition) is 2. The Bertz CT molecular complexity index is 647. The van der Waals surface area contributed by atoms with Gasteiger partial charge in [-0.25, -0.2) is 0 Å². The van der Waals surface area contributed by atoms with E-state index in [9.17, 15) is 4.79 Å². The van der Waals surface area contributed by atoms with Gasteiger partial charge in [0.1, 0.15) is 5.75 Å². The van der Waals surface area contributed by atoms with E-state index in [1.165, 1.54) is 0 Å². The molecule has 0 radical (unpaired) electrons. The molecule has 2 aromatic carbocycles. The standard InChI is InChI=1S/C20H26N2O2.ClH/c1-15(2)14-24-19-11-7-6-10-17(19)13-22-20(23)18(21)12-16-8-4-3-5-9-16;/h3-11,15,18H,12-14,21H2,1-2H3,(H,22,23);1H/t18-;/m0./s1. The first kappa shape index (κ1) is 21.0. The Balaban J connectivity index is 0.00000312. The molecule has 0 heterocycles. The molecule has 5 heteroatoms. The first-order valence-corrected chi connectivity index (χ1v) is 8.34. The van der Waals surface area contributed by atoms with E-state index >= 15 is 0 Å². The molecule has 0 saturated heterocycles. The lowest BCUT2D eigenvalue weighted by atomic mass is 10.1. The number of nitrogens with two attached hydrogens (primary N) is 1. The molecule has 2 aromatic rings. The van der Waals surface area contributed by atoms with Crippen molar-refractivity contribution < 1.29 is 9.53 Å². The molecule has 25 heavy (non-hydrogen) atoms. The predicted molar refractivity (Wildman–Crippen MR) is 104 cm³/mol. The maximum absolute atomic E-state index is 12.2. The van der Waals surface area contributed by atoms with Crippen molar-refractivity contribution in [3.63, 3.8) is 0 Å². The zero-order valence-corrected chi connectivity index (χ0v) is 15.6. The number of nitrogens with one attached hydrogen (secondary N) is 1. The summed E-state index contributed by atoms with van der Waals surface area (Å²) < 4.78 is 5.80. The Hall–Kier alpha value is -2.04. The van der Waals surface area contributed by atoms with Crippen LogP contribution in [0, 0.1) is 5.92 Å². The average molecular weight is 363 g/mol. The highest BCUT2D eigenvalue weighted by molar-refractivity contribution is 5.85. The number of carbonyl (C=O) groups excluding carboxylic acids is 1. The number of benzene rings is 2. The molecule has 3 N–H and O–H groups in total. The predicted octanol–water partition coefficient (Wildman–Crippen LogP) is 3.33. The Morgan fingerprint density at radius 3 is 2.40 bits per heavy atom. The van der Waals surface area contributed by atoms with Crippen molar-refractivity contribution >= 4 is 18.3 Å². The van der Waals surface area contributed by atoms with Gasteiger partial charge < -0.3 is 15.8 Å². The molecule has 4 nitrogen and oxygen atoms in total. The van der Waals surface area contributed by atoms with Crippen LogP contribution < -0.4 is 15.8 Å². The highest BCUT2D eigenvalue weighted by atomic mass is 35.5. The van der Waals surface area contributed by atoms with Crippen molar-refractivity contribution in [2.45, 2.75) is 32.9 Å².